The molecule has 0 atom stereocenters. The zero-order valence-corrected chi connectivity index (χ0v) is 14.4. The molecule has 0 unspecified atom stereocenters. The van der Waals surface area contributed by atoms with Gasteiger partial charge in [0.25, 0.3) is 0 Å². The van der Waals surface area contributed by atoms with Crippen LogP contribution < -0.4 is 0 Å². The van der Waals surface area contributed by atoms with E-state index in [-0.39, 0.29) is 24.8 Å². The number of esters is 2. The molecule has 1 heterocycles. The lowest BCUT2D eigenvalue weighted by Crippen LogP contribution is -2.26. The molecule has 1 aromatic heterocycles. The molecule has 4 nitrogen and oxygen atoms in total. The number of hydrogen-bond acceptors (Lipinski definition) is 5. The average Bonchev–Trinajstić information content (AvgIpc) is 2.59. The second-order valence-electron chi connectivity index (χ2n) is 6.95. The van der Waals surface area contributed by atoms with Crippen LogP contribution >= 0.6 is 11.3 Å². The molecule has 0 saturated carbocycles. The van der Waals surface area contributed by atoms with Crippen LogP contribution in [-0.4, -0.2) is 23.1 Å². The summed E-state index contributed by atoms with van der Waals surface area (Å²) in [5, 5.41) is 3.76. The second-order valence-corrected chi connectivity index (χ2v) is 7.69. The van der Waals surface area contributed by atoms with Gasteiger partial charge < -0.3 is 9.47 Å². The van der Waals surface area contributed by atoms with Crippen LogP contribution in [-0.2, 0) is 31.9 Å². The van der Waals surface area contributed by atoms with Crippen LogP contribution in [0.2, 0.25) is 0 Å². The van der Waals surface area contributed by atoms with E-state index in [4.69, 9.17) is 9.47 Å². The van der Waals surface area contributed by atoms with Crippen molar-refractivity contribution in [3.05, 3.63) is 21.9 Å². The lowest BCUT2D eigenvalue weighted by Gasteiger charge is -2.20. The summed E-state index contributed by atoms with van der Waals surface area (Å²) in [6.45, 7) is 11.0. The second kappa shape index (κ2) is 6.60. The van der Waals surface area contributed by atoms with E-state index < -0.39 is 11.2 Å². The van der Waals surface area contributed by atoms with Crippen molar-refractivity contribution in [2.24, 2.45) is 0 Å². The van der Waals surface area contributed by atoms with Gasteiger partial charge in [-0.15, -0.1) is 0 Å². The monoisotopic (exact) mass is 312 g/mol. The fourth-order valence-corrected chi connectivity index (χ4v) is 2.59. The summed E-state index contributed by atoms with van der Waals surface area (Å²) >= 11 is 1.47. The average molecular weight is 312 g/mol. The maximum atomic E-state index is 11.9. The maximum absolute atomic E-state index is 11.9. The van der Waals surface area contributed by atoms with E-state index in [0.717, 1.165) is 11.1 Å². The molecule has 0 aliphatic carbocycles. The van der Waals surface area contributed by atoms with Crippen molar-refractivity contribution in [2.75, 3.05) is 0 Å². The largest absolute Gasteiger partial charge is 0.460 e. The molecule has 0 bridgehead atoms. The van der Waals surface area contributed by atoms with Gasteiger partial charge in [0.1, 0.15) is 11.2 Å². The van der Waals surface area contributed by atoms with Crippen LogP contribution in [0.4, 0.5) is 0 Å². The quantitative estimate of drug-likeness (QED) is 0.798. The zero-order valence-electron chi connectivity index (χ0n) is 13.6. The van der Waals surface area contributed by atoms with Crippen molar-refractivity contribution >= 4 is 23.3 Å². The van der Waals surface area contributed by atoms with Crippen LogP contribution in [0.1, 0.15) is 52.7 Å². The van der Waals surface area contributed by atoms with Crippen molar-refractivity contribution < 1.29 is 19.1 Å². The maximum Gasteiger partial charge on any atom is 0.310 e. The van der Waals surface area contributed by atoms with Crippen molar-refractivity contribution in [2.45, 2.75) is 65.6 Å². The van der Waals surface area contributed by atoms with Gasteiger partial charge in [0.15, 0.2) is 0 Å². The Balaban J connectivity index is 2.66. The normalized spacial score (nSPS) is 12.1. The molecule has 5 heteroatoms. The SMILES string of the molecule is CC(C)(C)OC(=O)Cc1cscc1CC(=O)OC(C)(C)C. The zero-order chi connectivity index (χ0) is 16.3. The molecule has 0 amide bonds. The fraction of sp³-hybridized carbons (Fsp3) is 0.625. The lowest BCUT2D eigenvalue weighted by atomic mass is 10.1. The summed E-state index contributed by atoms with van der Waals surface area (Å²) in [5.74, 6) is -0.572. The standard InChI is InChI=1S/C16H24O4S/c1-15(2,3)19-13(17)7-11-9-21-10-12(11)8-14(18)20-16(4,5)6/h9-10H,7-8H2,1-6H3. The van der Waals surface area contributed by atoms with E-state index in [1.807, 2.05) is 52.3 Å². The van der Waals surface area contributed by atoms with Gasteiger partial charge in [-0.25, -0.2) is 0 Å². The summed E-state index contributed by atoms with van der Waals surface area (Å²) in [6, 6.07) is 0. The predicted octanol–water partition coefficient (Wildman–Crippen LogP) is 3.52. The Morgan fingerprint density at radius 2 is 1.19 bits per heavy atom. The van der Waals surface area contributed by atoms with Gasteiger partial charge in [-0.05, 0) is 63.4 Å². The van der Waals surface area contributed by atoms with Crippen molar-refractivity contribution in [3.63, 3.8) is 0 Å². The number of thiophene rings is 1. The molecule has 118 valence electrons. The van der Waals surface area contributed by atoms with Crippen LogP contribution in [0.15, 0.2) is 10.8 Å². The van der Waals surface area contributed by atoms with E-state index in [9.17, 15) is 9.59 Å². The molecular formula is C16H24O4S. The Kier molecular flexibility index (Phi) is 5.56. The van der Waals surface area contributed by atoms with E-state index in [1.165, 1.54) is 11.3 Å². The molecular weight excluding hydrogens is 288 g/mol. The third kappa shape index (κ3) is 7.27. The lowest BCUT2D eigenvalue weighted by molar-refractivity contribution is -0.155. The molecule has 0 aromatic carbocycles. The van der Waals surface area contributed by atoms with Gasteiger partial charge in [-0.3, -0.25) is 9.59 Å². The van der Waals surface area contributed by atoms with Crippen molar-refractivity contribution in [3.8, 4) is 0 Å². The molecule has 21 heavy (non-hydrogen) atoms. The van der Waals surface area contributed by atoms with Gasteiger partial charge in [0.05, 0.1) is 12.8 Å². The minimum Gasteiger partial charge on any atom is -0.460 e. The molecule has 1 aromatic rings. The molecule has 0 fully saturated rings. The Morgan fingerprint density at radius 3 is 1.48 bits per heavy atom. The summed E-state index contributed by atoms with van der Waals surface area (Å²) in [4.78, 5) is 23.7. The summed E-state index contributed by atoms with van der Waals surface area (Å²) in [7, 11) is 0. The minimum absolute atomic E-state index is 0.179. The van der Waals surface area contributed by atoms with Gasteiger partial charge >= 0.3 is 11.9 Å². The van der Waals surface area contributed by atoms with Gasteiger partial charge in [0, 0.05) is 0 Å². The highest BCUT2D eigenvalue weighted by molar-refractivity contribution is 7.08. The van der Waals surface area contributed by atoms with Crippen LogP contribution in [0.3, 0.4) is 0 Å². The summed E-state index contributed by atoms with van der Waals surface area (Å²) < 4.78 is 10.6. The Hall–Kier alpha value is -1.36. The molecule has 0 N–H and O–H groups in total. The van der Waals surface area contributed by atoms with E-state index >= 15 is 0 Å². The highest BCUT2D eigenvalue weighted by atomic mass is 32.1. The Bertz CT molecular complexity index is 459. The third-order valence-corrected chi connectivity index (χ3v) is 3.18. The van der Waals surface area contributed by atoms with E-state index in [2.05, 4.69) is 0 Å². The van der Waals surface area contributed by atoms with Crippen LogP contribution in [0.25, 0.3) is 0 Å². The first-order valence-electron chi connectivity index (χ1n) is 6.94. The van der Waals surface area contributed by atoms with E-state index in [1.54, 1.807) is 0 Å². The Morgan fingerprint density at radius 1 is 0.857 bits per heavy atom. The van der Waals surface area contributed by atoms with Gasteiger partial charge in [-0.1, -0.05) is 0 Å². The highest BCUT2D eigenvalue weighted by Gasteiger charge is 2.21. The number of carbonyl (C=O) groups is 2. The molecule has 0 aliphatic rings. The van der Waals surface area contributed by atoms with E-state index in [0.29, 0.717) is 0 Å². The smallest absolute Gasteiger partial charge is 0.310 e. The first kappa shape index (κ1) is 17.7. The fourth-order valence-electron chi connectivity index (χ4n) is 1.73. The highest BCUT2D eigenvalue weighted by Crippen LogP contribution is 2.20. The molecule has 0 aliphatic heterocycles. The van der Waals surface area contributed by atoms with Gasteiger partial charge in [0.2, 0.25) is 0 Å². The number of carbonyl (C=O) groups excluding carboxylic acids is 2. The van der Waals surface area contributed by atoms with Crippen molar-refractivity contribution in [1.29, 1.82) is 0 Å². The van der Waals surface area contributed by atoms with Crippen LogP contribution in [0, 0.1) is 0 Å². The summed E-state index contributed by atoms with van der Waals surface area (Å²) in [5.41, 5.74) is 0.664. The van der Waals surface area contributed by atoms with Crippen molar-refractivity contribution in [1.82, 2.24) is 0 Å². The summed E-state index contributed by atoms with van der Waals surface area (Å²) in [6.07, 6.45) is 0.359. The topological polar surface area (TPSA) is 52.6 Å². The third-order valence-electron chi connectivity index (χ3n) is 2.34. The molecule has 0 saturated heterocycles. The number of hydrogen-bond donors (Lipinski definition) is 0. The number of rotatable bonds is 4. The first-order valence-corrected chi connectivity index (χ1v) is 7.88. The molecule has 0 radical (unpaired) electrons. The van der Waals surface area contributed by atoms with Crippen LogP contribution in [0.5, 0.6) is 0 Å². The Labute approximate surface area is 130 Å². The minimum atomic E-state index is -0.502. The number of ether oxygens (including phenoxy) is 2. The van der Waals surface area contributed by atoms with Gasteiger partial charge in [-0.2, -0.15) is 11.3 Å². The first-order chi connectivity index (χ1) is 9.46. The molecule has 0 spiro atoms. The molecule has 1 rings (SSSR count). The predicted molar refractivity (Wildman–Crippen MR) is 83.4 cm³/mol.